The first kappa shape index (κ1) is 19.9. The van der Waals surface area contributed by atoms with Gasteiger partial charge in [-0.1, -0.05) is 28.5 Å². The third kappa shape index (κ3) is 4.52. The summed E-state index contributed by atoms with van der Waals surface area (Å²) in [6, 6.07) is 11.6. The number of benzene rings is 1. The Labute approximate surface area is 183 Å². The maximum absolute atomic E-state index is 12.7. The van der Waals surface area contributed by atoms with Crippen molar-refractivity contribution in [1.82, 2.24) is 25.1 Å². The Morgan fingerprint density at radius 3 is 2.74 bits per heavy atom. The van der Waals surface area contributed by atoms with Crippen LogP contribution in [-0.2, 0) is 17.6 Å². The number of amides is 1. The smallest absolute Gasteiger partial charge is 0.228 e. The minimum Gasteiger partial charge on any atom is -0.356 e. The Balaban J connectivity index is 1.06. The van der Waals surface area contributed by atoms with Crippen LogP contribution in [0, 0.1) is 0 Å². The van der Waals surface area contributed by atoms with Crippen LogP contribution in [0.25, 0.3) is 21.7 Å². The fourth-order valence-electron chi connectivity index (χ4n) is 3.86. The van der Waals surface area contributed by atoms with Crippen molar-refractivity contribution in [2.75, 3.05) is 32.7 Å². The van der Waals surface area contributed by atoms with Crippen LogP contribution < -0.4 is 0 Å². The molecule has 0 N–H and O–H groups in total. The minimum atomic E-state index is 0.102. The molecule has 0 saturated carbocycles. The zero-order valence-electron chi connectivity index (χ0n) is 17.1. The fraction of sp³-hybridized carbons (Fsp3) is 0.364. The van der Waals surface area contributed by atoms with E-state index in [-0.39, 0.29) is 12.3 Å². The molecule has 1 amide bonds. The van der Waals surface area contributed by atoms with E-state index in [1.54, 1.807) is 11.3 Å². The topological polar surface area (TPSA) is 88.5 Å². The molecule has 0 atom stereocenters. The Morgan fingerprint density at radius 2 is 1.90 bits per heavy atom. The lowest BCUT2D eigenvalue weighted by Crippen LogP contribution is -2.49. The van der Waals surface area contributed by atoms with E-state index in [1.807, 2.05) is 46.7 Å². The molecule has 0 aliphatic carbocycles. The SMILES string of the molecule is O=C(Cc1noc2ccccc12)N1CCN(CCCc2nc(-c3cccs3)no2)CC1. The molecule has 4 heterocycles. The summed E-state index contributed by atoms with van der Waals surface area (Å²) in [5.74, 6) is 1.44. The van der Waals surface area contributed by atoms with Crippen molar-refractivity contribution < 1.29 is 13.8 Å². The van der Waals surface area contributed by atoms with Gasteiger partial charge in [0.1, 0.15) is 5.69 Å². The van der Waals surface area contributed by atoms with Gasteiger partial charge in [0.15, 0.2) is 5.58 Å². The summed E-state index contributed by atoms with van der Waals surface area (Å²) >= 11 is 1.61. The van der Waals surface area contributed by atoms with Gasteiger partial charge in [-0.25, -0.2) is 0 Å². The maximum atomic E-state index is 12.7. The number of hydrogen-bond donors (Lipinski definition) is 0. The number of para-hydroxylation sites is 1. The predicted molar refractivity (Wildman–Crippen MR) is 117 cm³/mol. The number of aromatic nitrogens is 3. The first-order valence-corrected chi connectivity index (χ1v) is 11.3. The van der Waals surface area contributed by atoms with Crippen molar-refractivity contribution in [3.05, 3.63) is 53.4 Å². The summed E-state index contributed by atoms with van der Waals surface area (Å²) in [5.41, 5.74) is 1.43. The van der Waals surface area contributed by atoms with Crippen LogP contribution in [0.4, 0.5) is 0 Å². The predicted octanol–water partition coefficient (Wildman–Crippen LogP) is 3.26. The van der Waals surface area contributed by atoms with Crippen LogP contribution in [0.5, 0.6) is 0 Å². The van der Waals surface area contributed by atoms with Crippen molar-refractivity contribution in [3.63, 3.8) is 0 Å². The number of aryl methyl sites for hydroxylation is 1. The first-order chi connectivity index (χ1) is 15.3. The van der Waals surface area contributed by atoms with Gasteiger partial charge >= 0.3 is 0 Å². The van der Waals surface area contributed by atoms with Gasteiger partial charge < -0.3 is 13.9 Å². The van der Waals surface area contributed by atoms with Gasteiger partial charge in [0.2, 0.25) is 17.6 Å². The van der Waals surface area contributed by atoms with Gasteiger partial charge in [0.25, 0.3) is 0 Å². The molecule has 0 unspecified atom stereocenters. The van der Waals surface area contributed by atoms with Crippen molar-refractivity contribution in [2.24, 2.45) is 0 Å². The molecule has 0 radical (unpaired) electrons. The highest BCUT2D eigenvalue weighted by Gasteiger charge is 2.23. The quantitative estimate of drug-likeness (QED) is 0.438. The summed E-state index contributed by atoms with van der Waals surface area (Å²) < 4.78 is 10.7. The van der Waals surface area contributed by atoms with Crippen LogP contribution in [0.15, 0.2) is 50.8 Å². The molecule has 5 rings (SSSR count). The van der Waals surface area contributed by atoms with Crippen LogP contribution in [-0.4, -0.2) is 63.7 Å². The average Bonchev–Trinajstić information content (AvgIpc) is 3.56. The molecule has 3 aromatic heterocycles. The van der Waals surface area contributed by atoms with E-state index in [2.05, 4.69) is 20.2 Å². The number of nitrogens with zero attached hydrogens (tertiary/aromatic N) is 5. The molecule has 9 heteroatoms. The second-order valence-corrected chi connectivity index (χ2v) is 8.56. The maximum Gasteiger partial charge on any atom is 0.228 e. The van der Waals surface area contributed by atoms with Crippen LogP contribution in [0.3, 0.4) is 0 Å². The fourth-order valence-corrected chi connectivity index (χ4v) is 4.51. The van der Waals surface area contributed by atoms with Gasteiger partial charge in [-0.05, 0) is 36.5 Å². The Bertz CT molecular complexity index is 1150. The van der Waals surface area contributed by atoms with Crippen molar-refractivity contribution in [2.45, 2.75) is 19.3 Å². The Kier molecular flexibility index (Phi) is 5.77. The third-order valence-corrected chi connectivity index (χ3v) is 6.44. The third-order valence-electron chi connectivity index (χ3n) is 5.57. The lowest BCUT2D eigenvalue weighted by atomic mass is 10.1. The number of hydrogen-bond acceptors (Lipinski definition) is 8. The summed E-state index contributed by atoms with van der Waals surface area (Å²) in [6.07, 6.45) is 1.99. The van der Waals surface area contributed by atoms with E-state index in [1.165, 1.54) is 0 Å². The molecule has 1 aromatic carbocycles. The van der Waals surface area contributed by atoms with Crippen molar-refractivity contribution >= 4 is 28.2 Å². The van der Waals surface area contributed by atoms with E-state index < -0.39 is 0 Å². The highest BCUT2D eigenvalue weighted by molar-refractivity contribution is 7.13. The molecule has 0 bridgehead atoms. The normalized spacial score (nSPS) is 15.0. The lowest BCUT2D eigenvalue weighted by molar-refractivity contribution is -0.132. The molecule has 1 aliphatic rings. The van der Waals surface area contributed by atoms with E-state index in [9.17, 15) is 4.79 Å². The van der Waals surface area contributed by atoms with Gasteiger partial charge in [0.05, 0.1) is 11.3 Å². The van der Waals surface area contributed by atoms with Crippen LogP contribution in [0.1, 0.15) is 18.0 Å². The minimum absolute atomic E-state index is 0.102. The Morgan fingerprint density at radius 1 is 1.03 bits per heavy atom. The number of thiophene rings is 1. The second-order valence-electron chi connectivity index (χ2n) is 7.62. The van der Waals surface area contributed by atoms with E-state index in [0.717, 1.165) is 61.4 Å². The zero-order valence-corrected chi connectivity index (χ0v) is 17.9. The molecule has 31 heavy (non-hydrogen) atoms. The molecular weight excluding hydrogens is 414 g/mol. The van der Waals surface area contributed by atoms with E-state index >= 15 is 0 Å². The largest absolute Gasteiger partial charge is 0.356 e. The zero-order chi connectivity index (χ0) is 21.0. The summed E-state index contributed by atoms with van der Waals surface area (Å²) in [4.78, 5) is 22.5. The number of fused-ring (bicyclic) bond motifs is 1. The highest BCUT2D eigenvalue weighted by atomic mass is 32.1. The molecule has 1 saturated heterocycles. The molecule has 160 valence electrons. The molecule has 4 aromatic rings. The first-order valence-electron chi connectivity index (χ1n) is 10.5. The van der Waals surface area contributed by atoms with Crippen molar-refractivity contribution in [1.29, 1.82) is 0 Å². The van der Waals surface area contributed by atoms with Crippen molar-refractivity contribution in [3.8, 4) is 10.7 Å². The summed E-state index contributed by atoms with van der Waals surface area (Å²) in [6.45, 7) is 4.16. The van der Waals surface area contributed by atoms with E-state index in [4.69, 9.17) is 9.05 Å². The standard InChI is InChI=1S/C22H23N5O3S/c28-21(15-17-16-5-1-2-6-18(16)29-24-17)27-12-10-26(11-13-27)9-3-8-20-23-22(25-30-20)19-7-4-14-31-19/h1-2,4-7,14H,3,8-13,15H2. The van der Waals surface area contributed by atoms with Gasteiger partial charge in [0, 0.05) is 38.0 Å². The van der Waals surface area contributed by atoms with Crippen LogP contribution in [0.2, 0.25) is 0 Å². The monoisotopic (exact) mass is 437 g/mol. The molecule has 1 fully saturated rings. The molecule has 0 spiro atoms. The number of rotatable bonds is 7. The van der Waals surface area contributed by atoms with E-state index in [0.29, 0.717) is 17.4 Å². The number of carbonyl (C=O) groups excluding carboxylic acids is 1. The van der Waals surface area contributed by atoms with Gasteiger partial charge in [-0.3, -0.25) is 9.69 Å². The number of piperazine rings is 1. The van der Waals surface area contributed by atoms with Gasteiger partial charge in [-0.15, -0.1) is 11.3 Å². The highest BCUT2D eigenvalue weighted by Crippen LogP contribution is 2.22. The molecular formula is C22H23N5O3S. The molecule has 1 aliphatic heterocycles. The van der Waals surface area contributed by atoms with Gasteiger partial charge in [-0.2, -0.15) is 4.98 Å². The number of carbonyl (C=O) groups is 1. The van der Waals surface area contributed by atoms with Crippen LogP contribution >= 0.6 is 11.3 Å². The lowest BCUT2D eigenvalue weighted by Gasteiger charge is -2.34. The Hall–Kier alpha value is -3.04. The molecule has 8 nitrogen and oxygen atoms in total. The average molecular weight is 438 g/mol. The second kappa shape index (κ2) is 8.99. The summed E-state index contributed by atoms with van der Waals surface area (Å²) in [5, 5.41) is 11.1. The summed E-state index contributed by atoms with van der Waals surface area (Å²) in [7, 11) is 0.